The number of carbonyl (C=O) groups excluding carboxylic acids is 1. The van der Waals surface area contributed by atoms with E-state index in [1.165, 1.54) is 12.8 Å². The van der Waals surface area contributed by atoms with Crippen molar-refractivity contribution in [2.45, 2.75) is 70.8 Å². The highest BCUT2D eigenvalue weighted by molar-refractivity contribution is 5.70. The average molecular weight is 222 g/mol. The van der Waals surface area contributed by atoms with Crippen LogP contribution in [0.5, 0.6) is 0 Å². The lowest BCUT2D eigenvalue weighted by Gasteiger charge is -2.21. The molecule has 1 saturated heterocycles. The maximum Gasteiger partial charge on any atom is 0.306 e. The molecule has 0 bridgehead atoms. The highest BCUT2D eigenvalue weighted by Crippen LogP contribution is 2.18. The van der Waals surface area contributed by atoms with Gasteiger partial charge in [-0.2, -0.15) is 0 Å². The van der Waals surface area contributed by atoms with Gasteiger partial charge in [0.05, 0.1) is 0 Å². The van der Waals surface area contributed by atoms with Crippen LogP contribution in [0.4, 0.5) is 0 Å². The van der Waals surface area contributed by atoms with Gasteiger partial charge in [-0.25, -0.2) is 0 Å². The first-order chi connectivity index (χ1) is 7.83. The van der Waals surface area contributed by atoms with Gasteiger partial charge in [0.2, 0.25) is 0 Å². The Balaban J connectivity index is 2.01. The van der Waals surface area contributed by atoms with Gasteiger partial charge >= 0.3 is 5.97 Å². The van der Waals surface area contributed by atoms with Crippen LogP contribution in [0.2, 0.25) is 0 Å². The number of esters is 1. The highest BCUT2D eigenvalue weighted by atomic mass is 16.5. The number of unbranched alkanes of at least 4 members (excludes halogenated alkanes) is 3. The molecular formula is C14H22O2. The van der Waals surface area contributed by atoms with Gasteiger partial charge in [-0.15, -0.1) is 11.8 Å². The summed E-state index contributed by atoms with van der Waals surface area (Å²) in [6.07, 6.45) is 9.21. The molecular weight excluding hydrogens is 200 g/mol. The number of hydrogen-bond donors (Lipinski definition) is 0. The van der Waals surface area contributed by atoms with E-state index >= 15 is 0 Å². The SMILES string of the molecule is CCCCC#CCCCC1CCCC(=O)O1. The van der Waals surface area contributed by atoms with E-state index in [9.17, 15) is 4.79 Å². The predicted octanol–water partition coefficient (Wildman–Crippen LogP) is 3.45. The minimum atomic E-state index is -0.0229. The summed E-state index contributed by atoms with van der Waals surface area (Å²) in [5.41, 5.74) is 0. The second-order valence-corrected chi connectivity index (χ2v) is 4.35. The van der Waals surface area contributed by atoms with Crippen molar-refractivity contribution < 1.29 is 9.53 Å². The molecule has 1 aliphatic rings. The maximum absolute atomic E-state index is 11.0. The second kappa shape index (κ2) is 8.21. The smallest absolute Gasteiger partial charge is 0.306 e. The van der Waals surface area contributed by atoms with E-state index in [-0.39, 0.29) is 12.1 Å². The fourth-order valence-corrected chi connectivity index (χ4v) is 1.84. The van der Waals surface area contributed by atoms with Crippen molar-refractivity contribution in [2.24, 2.45) is 0 Å². The van der Waals surface area contributed by atoms with Crippen LogP contribution in [0.1, 0.15) is 64.7 Å². The van der Waals surface area contributed by atoms with Crippen molar-refractivity contribution in [2.75, 3.05) is 0 Å². The Hall–Kier alpha value is -0.970. The Morgan fingerprint density at radius 3 is 2.75 bits per heavy atom. The number of carbonyl (C=O) groups is 1. The van der Waals surface area contributed by atoms with Gasteiger partial charge in [-0.05, 0) is 32.1 Å². The van der Waals surface area contributed by atoms with Crippen LogP contribution in [0, 0.1) is 11.8 Å². The van der Waals surface area contributed by atoms with Gasteiger partial charge in [0.15, 0.2) is 0 Å². The molecule has 0 amide bonds. The third-order valence-electron chi connectivity index (χ3n) is 2.81. The Morgan fingerprint density at radius 1 is 1.31 bits per heavy atom. The monoisotopic (exact) mass is 222 g/mol. The molecule has 0 radical (unpaired) electrons. The first-order valence-electron chi connectivity index (χ1n) is 6.48. The van der Waals surface area contributed by atoms with Crippen molar-refractivity contribution in [3.05, 3.63) is 0 Å². The maximum atomic E-state index is 11.0. The van der Waals surface area contributed by atoms with Crippen molar-refractivity contribution in [1.29, 1.82) is 0 Å². The molecule has 2 nitrogen and oxygen atoms in total. The average Bonchev–Trinajstić information content (AvgIpc) is 2.28. The molecule has 16 heavy (non-hydrogen) atoms. The second-order valence-electron chi connectivity index (χ2n) is 4.35. The number of ether oxygens (including phenoxy) is 1. The molecule has 0 aromatic carbocycles. The van der Waals surface area contributed by atoms with E-state index in [4.69, 9.17) is 4.74 Å². The van der Waals surface area contributed by atoms with E-state index in [0.717, 1.165) is 38.5 Å². The zero-order chi connectivity index (χ0) is 11.6. The van der Waals surface area contributed by atoms with Crippen LogP contribution >= 0.6 is 0 Å². The molecule has 1 fully saturated rings. The van der Waals surface area contributed by atoms with E-state index in [2.05, 4.69) is 18.8 Å². The molecule has 1 heterocycles. The molecule has 0 aromatic rings. The van der Waals surface area contributed by atoms with Gasteiger partial charge in [0, 0.05) is 19.3 Å². The molecule has 90 valence electrons. The van der Waals surface area contributed by atoms with E-state index < -0.39 is 0 Å². The zero-order valence-corrected chi connectivity index (χ0v) is 10.3. The summed E-state index contributed by atoms with van der Waals surface area (Å²) in [5.74, 6) is 6.33. The molecule has 0 N–H and O–H groups in total. The van der Waals surface area contributed by atoms with Crippen LogP contribution in [-0.2, 0) is 9.53 Å². The molecule has 1 unspecified atom stereocenters. The van der Waals surface area contributed by atoms with Crippen molar-refractivity contribution >= 4 is 5.97 Å². The van der Waals surface area contributed by atoms with Gasteiger partial charge in [-0.1, -0.05) is 13.3 Å². The Morgan fingerprint density at radius 2 is 2.06 bits per heavy atom. The molecule has 0 spiro atoms. The molecule has 1 atom stereocenters. The normalized spacial score (nSPS) is 19.8. The van der Waals surface area contributed by atoms with Gasteiger partial charge in [0.1, 0.15) is 6.10 Å². The lowest BCUT2D eigenvalue weighted by molar-refractivity contribution is -0.154. The molecule has 0 aliphatic carbocycles. The lowest BCUT2D eigenvalue weighted by atomic mass is 10.0. The van der Waals surface area contributed by atoms with E-state index in [1.807, 2.05) is 0 Å². The summed E-state index contributed by atoms with van der Waals surface area (Å²) in [6.45, 7) is 2.18. The van der Waals surface area contributed by atoms with Crippen LogP contribution in [0.25, 0.3) is 0 Å². The number of rotatable bonds is 5. The molecule has 2 heteroatoms. The first kappa shape index (κ1) is 13.1. The molecule has 1 aliphatic heterocycles. The minimum absolute atomic E-state index is 0.0229. The lowest BCUT2D eigenvalue weighted by Crippen LogP contribution is -2.23. The Labute approximate surface area is 98.8 Å². The Bertz CT molecular complexity index is 260. The number of hydrogen-bond acceptors (Lipinski definition) is 2. The quantitative estimate of drug-likeness (QED) is 0.404. The van der Waals surface area contributed by atoms with Crippen LogP contribution in [0.15, 0.2) is 0 Å². The molecule has 0 aromatic heterocycles. The largest absolute Gasteiger partial charge is 0.462 e. The summed E-state index contributed by atoms with van der Waals surface area (Å²) in [6, 6.07) is 0. The van der Waals surface area contributed by atoms with Crippen molar-refractivity contribution in [1.82, 2.24) is 0 Å². The summed E-state index contributed by atoms with van der Waals surface area (Å²) >= 11 is 0. The molecule has 0 saturated carbocycles. The highest BCUT2D eigenvalue weighted by Gasteiger charge is 2.19. The van der Waals surface area contributed by atoms with Crippen LogP contribution < -0.4 is 0 Å². The summed E-state index contributed by atoms with van der Waals surface area (Å²) in [4.78, 5) is 11.0. The summed E-state index contributed by atoms with van der Waals surface area (Å²) in [5, 5.41) is 0. The summed E-state index contributed by atoms with van der Waals surface area (Å²) < 4.78 is 5.24. The third kappa shape index (κ3) is 5.80. The van der Waals surface area contributed by atoms with Crippen molar-refractivity contribution in [3.63, 3.8) is 0 Å². The topological polar surface area (TPSA) is 26.3 Å². The van der Waals surface area contributed by atoms with Crippen LogP contribution in [-0.4, -0.2) is 12.1 Å². The fourth-order valence-electron chi connectivity index (χ4n) is 1.84. The fraction of sp³-hybridized carbons (Fsp3) is 0.786. The van der Waals surface area contributed by atoms with Gasteiger partial charge < -0.3 is 4.74 Å². The number of cyclic esters (lactones) is 1. The Kier molecular flexibility index (Phi) is 6.72. The van der Waals surface area contributed by atoms with E-state index in [0.29, 0.717) is 6.42 Å². The third-order valence-corrected chi connectivity index (χ3v) is 2.81. The van der Waals surface area contributed by atoms with Gasteiger partial charge in [0.25, 0.3) is 0 Å². The molecule has 1 rings (SSSR count). The predicted molar refractivity (Wildman–Crippen MR) is 64.9 cm³/mol. The zero-order valence-electron chi connectivity index (χ0n) is 10.3. The van der Waals surface area contributed by atoms with Crippen molar-refractivity contribution in [3.8, 4) is 11.8 Å². The van der Waals surface area contributed by atoms with Crippen LogP contribution in [0.3, 0.4) is 0 Å². The first-order valence-corrected chi connectivity index (χ1v) is 6.48. The minimum Gasteiger partial charge on any atom is -0.462 e. The van der Waals surface area contributed by atoms with Gasteiger partial charge in [-0.3, -0.25) is 4.79 Å². The summed E-state index contributed by atoms with van der Waals surface area (Å²) in [7, 11) is 0. The standard InChI is InChI=1S/C14H22O2/c1-2-3-4-5-6-7-8-10-13-11-9-12-14(15)16-13/h13H,2-4,7-12H2,1H3. The van der Waals surface area contributed by atoms with E-state index in [1.54, 1.807) is 0 Å².